The first kappa shape index (κ1) is 14.7. The number of aliphatic carboxylic acids is 1. The first-order valence-electron chi connectivity index (χ1n) is 4.65. The molecule has 0 aliphatic rings. The molecule has 0 amide bonds. The molecule has 0 radical (unpaired) electrons. The summed E-state index contributed by atoms with van der Waals surface area (Å²) >= 11 is 6.37. The standard InChI is InChI=1S/C11H8Br2O5/c12-7-3-6(11(17)8(13)4-7)5-18-10(16)2-1-9(14)15/h1-4,17H,5H2,(H,14,15)/b2-1-. The van der Waals surface area contributed by atoms with E-state index in [0.717, 1.165) is 6.08 Å². The molecule has 0 aromatic heterocycles. The maximum Gasteiger partial charge on any atom is 0.331 e. The largest absolute Gasteiger partial charge is 0.506 e. The number of carboxylic acids is 1. The Labute approximate surface area is 119 Å². The van der Waals surface area contributed by atoms with Crippen molar-refractivity contribution in [3.8, 4) is 5.75 Å². The molecular weight excluding hydrogens is 372 g/mol. The number of carboxylic acid groups (broad SMARTS) is 1. The molecule has 1 rings (SSSR count). The van der Waals surface area contributed by atoms with E-state index < -0.39 is 11.9 Å². The molecule has 0 heterocycles. The third-order valence-electron chi connectivity index (χ3n) is 1.84. The Hall–Kier alpha value is -1.34. The summed E-state index contributed by atoms with van der Waals surface area (Å²) in [6.07, 6.45) is 1.48. The van der Waals surface area contributed by atoms with Crippen LogP contribution < -0.4 is 0 Å². The highest BCUT2D eigenvalue weighted by molar-refractivity contribution is 9.11. The van der Waals surface area contributed by atoms with Crippen LogP contribution in [0, 0.1) is 0 Å². The van der Waals surface area contributed by atoms with Crippen molar-refractivity contribution in [3.63, 3.8) is 0 Å². The van der Waals surface area contributed by atoms with E-state index in [-0.39, 0.29) is 12.4 Å². The fraction of sp³-hybridized carbons (Fsp3) is 0.0909. The van der Waals surface area contributed by atoms with E-state index >= 15 is 0 Å². The van der Waals surface area contributed by atoms with Crippen LogP contribution in [0.2, 0.25) is 0 Å². The number of benzene rings is 1. The van der Waals surface area contributed by atoms with E-state index in [1.54, 1.807) is 12.1 Å². The number of esters is 1. The minimum Gasteiger partial charge on any atom is -0.506 e. The van der Waals surface area contributed by atoms with Gasteiger partial charge in [-0.1, -0.05) is 15.9 Å². The summed E-state index contributed by atoms with van der Waals surface area (Å²) in [4.78, 5) is 21.3. The number of ether oxygens (including phenoxy) is 1. The molecule has 2 N–H and O–H groups in total. The van der Waals surface area contributed by atoms with Gasteiger partial charge in [0.05, 0.1) is 4.47 Å². The van der Waals surface area contributed by atoms with Crippen LogP contribution >= 0.6 is 31.9 Å². The number of hydrogen-bond acceptors (Lipinski definition) is 4. The minimum atomic E-state index is -1.24. The monoisotopic (exact) mass is 378 g/mol. The zero-order valence-corrected chi connectivity index (χ0v) is 12.1. The second-order valence-electron chi connectivity index (χ2n) is 3.17. The van der Waals surface area contributed by atoms with Crippen LogP contribution in [-0.2, 0) is 20.9 Å². The van der Waals surface area contributed by atoms with E-state index in [1.807, 2.05) is 0 Å². The number of carbonyl (C=O) groups is 2. The predicted molar refractivity (Wildman–Crippen MR) is 70.1 cm³/mol. The van der Waals surface area contributed by atoms with Gasteiger partial charge >= 0.3 is 11.9 Å². The Morgan fingerprint density at radius 1 is 1.28 bits per heavy atom. The van der Waals surface area contributed by atoms with E-state index in [1.165, 1.54) is 0 Å². The smallest absolute Gasteiger partial charge is 0.331 e. The SMILES string of the molecule is O=C(O)/C=C\C(=O)OCc1cc(Br)cc(Br)c1O. The molecule has 1 aromatic carbocycles. The molecule has 0 spiro atoms. The van der Waals surface area contributed by atoms with Gasteiger partial charge in [0.1, 0.15) is 12.4 Å². The van der Waals surface area contributed by atoms with Crippen LogP contribution in [-0.4, -0.2) is 22.2 Å². The average Bonchev–Trinajstić information content (AvgIpc) is 2.29. The quantitative estimate of drug-likeness (QED) is 0.620. The number of aromatic hydroxyl groups is 1. The average molecular weight is 380 g/mol. The van der Waals surface area contributed by atoms with Crippen molar-refractivity contribution in [3.05, 3.63) is 38.8 Å². The van der Waals surface area contributed by atoms with Gasteiger partial charge in [-0.2, -0.15) is 0 Å². The molecule has 0 atom stereocenters. The third kappa shape index (κ3) is 4.50. The van der Waals surface area contributed by atoms with Crippen molar-refractivity contribution in [2.75, 3.05) is 0 Å². The summed E-state index contributed by atoms with van der Waals surface area (Å²) in [6.45, 7) is -0.160. The van der Waals surface area contributed by atoms with Crippen LogP contribution in [0.4, 0.5) is 0 Å². The van der Waals surface area contributed by atoms with Crippen molar-refractivity contribution in [1.82, 2.24) is 0 Å². The number of hydrogen-bond donors (Lipinski definition) is 2. The molecule has 0 bridgehead atoms. The number of phenols is 1. The molecule has 5 nitrogen and oxygen atoms in total. The van der Waals surface area contributed by atoms with E-state index in [0.29, 0.717) is 20.6 Å². The lowest BCUT2D eigenvalue weighted by atomic mass is 10.2. The van der Waals surface area contributed by atoms with Gasteiger partial charge in [0.25, 0.3) is 0 Å². The van der Waals surface area contributed by atoms with Crippen molar-refractivity contribution < 1.29 is 24.5 Å². The number of carbonyl (C=O) groups excluding carboxylic acids is 1. The summed E-state index contributed by atoms with van der Waals surface area (Å²) in [5, 5.41) is 18.0. The summed E-state index contributed by atoms with van der Waals surface area (Å²) in [7, 11) is 0. The minimum absolute atomic E-state index is 0.0341. The highest BCUT2D eigenvalue weighted by Crippen LogP contribution is 2.32. The van der Waals surface area contributed by atoms with Gasteiger partial charge in [0, 0.05) is 22.2 Å². The summed E-state index contributed by atoms with van der Waals surface area (Å²) < 4.78 is 5.95. The van der Waals surface area contributed by atoms with Crippen molar-refractivity contribution in [2.24, 2.45) is 0 Å². The fourth-order valence-electron chi connectivity index (χ4n) is 1.07. The molecule has 0 aliphatic heterocycles. The Morgan fingerprint density at radius 2 is 1.94 bits per heavy atom. The zero-order chi connectivity index (χ0) is 13.7. The molecule has 0 saturated heterocycles. The number of halogens is 2. The molecule has 96 valence electrons. The van der Waals surface area contributed by atoms with Gasteiger partial charge in [0.2, 0.25) is 0 Å². The molecule has 0 saturated carbocycles. The summed E-state index contributed by atoms with van der Waals surface area (Å²) in [6, 6.07) is 3.24. The third-order valence-corrected chi connectivity index (χ3v) is 2.90. The molecule has 0 unspecified atom stereocenters. The molecule has 18 heavy (non-hydrogen) atoms. The number of phenolic OH excluding ortho intramolecular Hbond substituents is 1. The number of rotatable bonds is 4. The van der Waals surface area contributed by atoms with E-state index in [4.69, 9.17) is 9.84 Å². The zero-order valence-electron chi connectivity index (χ0n) is 8.89. The van der Waals surface area contributed by atoms with Crippen LogP contribution in [0.5, 0.6) is 5.75 Å². The lowest BCUT2D eigenvalue weighted by Gasteiger charge is -2.07. The lowest BCUT2D eigenvalue weighted by molar-refractivity contribution is -0.139. The van der Waals surface area contributed by atoms with Gasteiger partial charge in [-0.3, -0.25) is 0 Å². The lowest BCUT2D eigenvalue weighted by Crippen LogP contribution is -2.02. The fourth-order valence-corrected chi connectivity index (χ4v) is 2.38. The van der Waals surface area contributed by atoms with Gasteiger partial charge in [-0.05, 0) is 28.1 Å². The summed E-state index contributed by atoms with van der Waals surface area (Å²) in [5.74, 6) is -2.07. The molecule has 7 heteroatoms. The highest BCUT2D eigenvalue weighted by Gasteiger charge is 2.09. The van der Waals surface area contributed by atoms with Crippen molar-refractivity contribution >= 4 is 43.8 Å². The first-order valence-corrected chi connectivity index (χ1v) is 6.23. The maximum atomic E-state index is 11.1. The van der Waals surface area contributed by atoms with Gasteiger partial charge in [-0.15, -0.1) is 0 Å². The Kier molecular flexibility index (Phi) is 5.36. The van der Waals surface area contributed by atoms with Crippen molar-refractivity contribution in [2.45, 2.75) is 6.61 Å². The molecule has 1 aromatic rings. The van der Waals surface area contributed by atoms with E-state index in [9.17, 15) is 14.7 Å². The van der Waals surface area contributed by atoms with E-state index in [2.05, 4.69) is 31.9 Å². The Bertz CT molecular complexity index is 510. The molecular formula is C11H8Br2O5. The van der Waals surface area contributed by atoms with Gasteiger partial charge in [0.15, 0.2) is 0 Å². The van der Waals surface area contributed by atoms with Crippen LogP contribution in [0.15, 0.2) is 33.2 Å². The summed E-state index contributed by atoms with van der Waals surface area (Å²) in [5.41, 5.74) is 0.397. The van der Waals surface area contributed by atoms with Crippen molar-refractivity contribution in [1.29, 1.82) is 0 Å². The predicted octanol–water partition coefficient (Wildman–Crippen LogP) is 2.60. The van der Waals surface area contributed by atoms with Crippen LogP contribution in [0.25, 0.3) is 0 Å². The van der Waals surface area contributed by atoms with Gasteiger partial charge in [-0.25, -0.2) is 9.59 Å². The maximum absolute atomic E-state index is 11.1. The van der Waals surface area contributed by atoms with Crippen LogP contribution in [0.1, 0.15) is 5.56 Å². The second kappa shape index (κ2) is 6.55. The molecule has 0 fully saturated rings. The second-order valence-corrected chi connectivity index (χ2v) is 4.94. The normalized spacial score (nSPS) is 10.6. The Balaban J connectivity index is 2.69. The Morgan fingerprint density at radius 3 is 2.56 bits per heavy atom. The topological polar surface area (TPSA) is 83.8 Å². The first-order chi connectivity index (χ1) is 8.40. The molecule has 0 aliphatic carbocycles. The van der Waals surface area contributed by atoms with Crippen LogP contribution in [0.3, 0.4) is 0 Å². The highest BCUT2D eigenvalue weighted by atomic mass is 79.9. The van der Waals surface area contributed by atoms with Gasteiger partial charge < -0.3 is 14.9 Å².